The standard InChI is InChI=1S/C11H14N4O2/c1-15-7-6-13-10(15)9-12-5-4-8(14-9)11(16-2)17-3/h4-7,11H,1-3H3. The summed E-state index contributed by atoms with van der Waals surface area (Å²) in [5, 5.41) is 0. The van der Waals surface area contributed by atoms with Crippen molar-refractivity contribution < 1.29 is 9.47 Å². The summed E-state index contributed by atoms with van der Waals surface area (Å²) in [5.74, 6) is 1.26. The number of rotatable bonds is 4. The molecule has 0 aliphatic rings. The fraction of sp³-hybridized carbons (Fsp3) is 0.364. The van der Waals surface area contributed by atoms with Gasteiger partial charge in [0.2, 0.25) is 6.29 Å². The Labute approximate surface area is 99.3 Å². The lowest BCUT2D eigenvalue weighted by Gasteiger charge is -2.12. The molecule has 6 heteroatoms. The van der Waals surface area contributed by atoms with Crippen molar-refractivity contribution in [2.75, 3.05) is 14.2 Å². The number of imidazole rings is 1. The Balaban J connectivity index is 2.38. The highest BCUT2D eigenvalue weighted by Crippen LogP contribution is 2.17. The van der Waals surface area contributed by atoms with E-state index in [2.05, 4.69) is 15.0 Å². The molecule has 0 spiro atoms. The van der Waals surface area contributed by atoms with Gasteiger partial charge >= 0.3 is 0 Å². The number of hydrogen-bond acceptors (Lipinski definition) is 5. The van der Waals surface area contributed by atoms with Crippen molar-refractivity contribution in [1.29, 1.82) is 0 Å². The molecule has 90 valence electrons. The highest BCUT2D eigenvalue weighted by Gasteiger charge is 2.13. The van der Waals surface area contributed by atoms with E-state index in [0.29, 0.717) is 17.3 Å². The van der Waals surface area contributed by atoms with Crippen molar-refractivity contribution in [2.24, 2.45) is 7.05 Å². The third-order valence-electron chi connectivity index (χ3n) is 2.37. The average Bonchev–Trinajstić information content (AvgIpc) is 2.77. The van der Waals surface area contributed by atoms with E-state index in [0.717, 1.165) is 0 Å². The van der Waals surface area contributed by atoms with E-state index >= 15 is 0 Å². The molecule has 0 fully saturated rings. The van der Waals surface area contributed by atoms with Gasteiger partial charge in [0.25, 0.3) is 0 Å². The fourth-order valence-corrected chi connectivity index (χ4v) is 1.53. The third-order valence-corrected chi connectivity index (χ3v) is 2.37. The minimum atomic E-state index is -0.489. The normalized spacial score (nSPS) is 11.1. The van der Waals surface area contributed by atoms with Gasteiger partial charge < -0.3 is 14.0 Å². The van der Waals surface area contributed by atoms with Crippen molar-refractivity contribution in [1.82, 2.24) is 19.5 Å². The number of hydrogen-bond donors (Lipinski definition) is 0. The van der Waals surface area contributed by atoms with Crippen molar-refractivity contribution >= 4 is 0 Å². The largest absolute Gasteiger partial charge is 0.350 e. The van der Waals surface area contributed by atoms with Crippen LogP contribution in [0.15, 0.2) is 24.7 Å². The molecular weight excluding hydrogens is 220 g/mol. The van der Waals surface area contributed by atoms with E-state index in [1.54, 1.807) is 32.7 Å². The summed E-state index contributed by atoms with van der Waals surface area (Å²) in [6.45, 7) is 0. The van der Waals surface area contributed by atoms with Crippen molar-refractivity contribution in [2.45, 2.75) is 6.29 Å². The maximum Gasteiger partial charge on any atom is 0.200 e. The van der Waals surface area contributed by atoms with E-state index in [1.807, 2.05) is 17.8 Å². The topological polar surface area (TPSA) is 62.1 Å². The van der Waals surface area contributed by atoms with E-state index < -0.39 is 6.29 Å². The van der Waals surface area contributed by atoms with Crippen LogP contribution in [0.2, 0.25) is 0 Å². The summed E-state index contributed by atoms with van der Waals surface area (Å²) in [5.41, 5.74) is 0.669. The second-order valence-corrected chi connectivity index (χ2v) is 3.47. The summed E-state index contributed by atoms with van der Waals surface area (Å²) in [6.07, 6.45) is 4.72. The molecule has 0 unspecified atom stereocenters. The monoisotopic (exact) mass is 234 g/mol. The van der Waals surface area contributed by atoms with E-state index in [-0.39, 0.29) is 0 Å². The Kier molecular flexibility index (Phi) is 3.46. The zero-order chi connectivity index (χ0) is 12.3. The molecule has 0 aliphatic carbocycles. The van der Waals surface area contributed by atoms with Crippen LogP contribution in [0.5, 0.6) is 0 Å². The lowest BCUT2D eigenvalue weighted by Crippen LogP contribution is -2.08. The van der Waals surface area contributed by atoms with Gasteiger partial charge in [-0.1, -0.05) is 0 Å². The molecule has 6 nitrogen and oxygen atoms in total. The molecule has 0 atom stereocenters. The predicted octanol–water partition coefficient (Wildman–Crippen LogP) is 1.17. The number of aromatic nitrogens is 4. The van der Waals surface area contributed by atoms with Crippen LogP contribution in [0.3, 0.4) is 0 Å². The molecule has 0 saturated heterocycles. The summed E-state index contributed by atoms with van der Waals surface area (Å²) >= 11 is 0. The molecule has 2 heterocycles. The number of aryl methyl sites for hydroxylation is 1. The number of ether oxygens (including phenoxy) is 2. The summed E-state index contributed by atoms with van der Waals surface area (Å²) in [6, 6.07) is 1.75. The van der Waals surface area contributed by atoms with Gasteiger partial charge in [0.1, 0.15) is 5.69 Å². The van der Waals surface area contributed by atoms with Gasteiger partial charge in [0, 0.05) is 39.9 Å². The zero-order valence-corrected chi connectivity index (χ0v) is 9.99. The molecule has 2 aromatic heterocycles. The molecule has 0 radical (unpaired) electrons. The lowest BCUT2D eigenvalue weighted by atomic mass is 10.4. The van der Waals surface area contributed by atoms with Gasteiger partial charge in [0.05, 0.1) is 0 Å². The second-order valence-electron chi connectivity index (χ2n) is 3.47. The van der Waals surface area contributed by atoms with E-state index in [4.69, 9.17) is 9.47 Å². The molecule has 0 aromatic carbocycles. The van der Waals surface area contributed by atoms with Crippen LogP contribution in [-0.2, 0) is 16.5 Å². The Morgan fingerprint density at radius 2 is 1.94 bits per heavy atom. The summed E-state index contributed by atoms with van der Waals surface area (Å²) in [4.78, 5) is 12.8. The first-order chi connectivity index (χ1) is 8.26. The molecule has 2 aromatic rings. The first kappa shape index (κ1) is 11.7. The van der Waals surface area contributed by atoms with Gasteiger partial charge in [-0.15, -0.1) is 0 Å². The highest BCUT2D eigenvalue weighted by molar-refractivity contribution is 5.43. The SMILES string of the molecule is COC(OC)c1ccnc(-c2nccn2C)n1. The van der Waals surface area contributed by atoms with Gasteiger partial charge in [-0.2, -0.15) is 0 Å². The van der Waals surface area contributed by atoms with Gasteiger partial charge in [-0.3, -0.25) is 0 Å². The second kappa shape index (κ2) is 5.03. The van der Waals surface area contributed by atoms with Crippen LogP contribution in [0, 0.1) is 0 Å². The Morgan fingerprint density at radius 3 is 2.53 bits per heavy atom. The van der Waals surface area contributed by atoms with Crippen LogP contribution in [0.1, 0.15) is 12.0 Å². The van der Waals surface area contributed by atoms with Crippen LogP contribution in [0.25, 0.3) is 11.6 Å². The number of nitrogens with zero attached hydrogens (tertiary/aromatic N) is 4. The van der Waals surface area contributed by atoms with Crippen LogP contribution >= 0.6 is 0 Å². The minimum Gasteiger partial charge on any atom is -0.350 e. The van der Waals surface area contributed by atoms with E-state index in [1.165, 1.54) is 0 Å². The van der Waals surface area contributed by atoms with Crippen molar-refractivity contribution in [3.05, 3.63) is 30.4 Å². The maximum absolute atomic E-state index is 5.15. The lowest BCUT2D eigenvalue weighted by molar-refractivity contribution is -0.108. The van der Waals surface area contributed by atoms with Crippen molar-refractivity contribution in [3.63, 3.8) is 0 Å². The molecule has 2 rings (SSSR count). The molecular formula is C11H14N4O2. The molecule has 0 amide bonds. The molecule has 17 heavy (non-hydrogen) atoms. The molecule has 0 aliphatic heterocycles. The minimum absolute atomic E-state index is 0.489. The van der Waals surface area contributed by atoms with Crippen LogP contribution in [0.4, 0.5) is 0 Å². The van der Waals surface area contributed by atoms with Crippen molar-refractivity contribution in [3.8, 4) is 11.6 Å². The smallest absolute Gasteiger partial charge is 0.200 e. The average molecular weight is 234 g/mol. The molecule has 0 saturated carbocycles. The van der Waals surface area contributed by atoms with Crippen LogP contribution < -0.4 is 0 Å². The van der Waals surface area contributed by atoms with E-state index in [9.17, 15) is 0 Å². The zero-order valence-electron chi connectivity index (χ0n) is 9.99. The molecule has 0 N–H and O–H groups in total. The summed E-state index contributed by atoms with van der Waals surface area (Å²) in [7, 11) is 5.02. The van der Waals surface area contributed by atoms with Gasteiger partial charge in [-0.05, 0) is 6.07 Å². The Hall–Kier alpha value is -1.79. The fourth-order valence-electron chi connectivity index (χ4n) is 1.53. The third kappa shape index (κ3) is 2.32. The van der Waals surface area contributed by atoms with Crippen LogP contribution in [-0.4, -0.2) is 33.7 Å². The molecule has 0 bridgehead atoms. The first-order valence-corrected chi connectivity index (χ1v) is 5.12. The van der Waals surface area contributed by atoms with Gasteiger partial charge in [-0.25, -0.2) is 15.0 Å². The van der Waals surface area contributed by atoms with Gasteiger partial charge in [0.15, 0.2) is 11.6 Å². The highest BCUT2D eigenvalue weighted by atomic mass is 16.7. The Bertz CT molecular complexity index is 494. The summed E-state index contributed by atoms with van der Waals surface area (Å²) < 4.78 is 12.2. The number of methoxy groups -OCH3 is 2. The predicted molar refractivity (Wildman–Crippen MR) is 61.0 cm³/mol. The quantitative estimate of drug-likeness (QED) is 0.743. The first-order valence-electron chi connectivity index (χ1n) is 5.12. The Morgan fingerprint density at radius 1 is 1.18 bits per heavy atom. The maximum atomic E-state index is 5.15.